The largest absolute Gasteiger partial charge is 0.507 e. The highest BCUT2D eigenvalue weighted by atomic mass is 79.9. The highest BCUT2D eigenvalue weighted by Gasteiger charge is 2.14. The molecule has 0 fully saturated rings. The predicted molar refractivity (Wildman–Crippen MR) is 56.3 cm³/mol. The lowest BCUT2D eigenvalue weighted by atomic mass is 10.1. The van der Waals surface area contributed by atoms with E-state index in [-0.39, 0.29) is 27.4 Å². The van der Waals surface area contributed by atoms with Crippen molar-refractivity contribution in [3.05, 3.63) is 27.7 Å². The second-order valence-corrected chi connectivity index (χ2v) is 3.74. The van der Waals surface area contributed by atoms with E-state index >= 15 is 0 Å². The monoisotopic (exact) mass is 282 g/mol. The molecule has 0 aliphatic heterocycles. The molecule has 13 heavy (non-hydrogen) atoms. The first kappa shape index (κ1) is 10.8. The third-order valence-electron chi connectivity index (χ3n) is 1.43. The minimum absolute atomic E-state index is 0.0999. The number of Topliss-reactive ketones (excluding diaryl/α,β-unsaturated/α-hetero) is 1. The van der Waals surface area contributed by atoms with Crippen LogP contribution >= 0.6 is 39.1 Å². The van der Waals surface area contributed by atoms with Crippen molar-refractivity contribution < 1.29 is 9.90 Å². The SMILES string of the molecule is O=C(CBr)c1c(O)cc(Cl)cc1Cl. The van der Waals surface area contributed by atoms with E-state index in [4.69, 9.17) is 23.2 Å². The van der Waals surface area contributed by atoms with Gasteiger partial charge in [-0.15, -0.1) is 0 Å². The molecule has 0 radical (unpaired) electrons. The summed E-state index contributed by atoms with van der Waals surface area (Å²) in [6.45, 7) is 0. The summed E-state index contributed by atoms with van der Waals surface area (Å²) in [5.74, 6) is -0.471. The normalized spacial score (nSPS) is 10.1. The topological polar surface area (TPSA) is 37.3 Å². The Hall–Kier alpha value is -0.250. The van der Waals surface area contributed by atoms with Crippen molar-refractivity contribution in [2.45, 2.75) is 0 Å². The zero-order chi connectivity index (χ0) is 10.0. The van der Waals surface area contributed by atoms with E-state index in [1.54, 1.807) is 0 Å². The van der Waals surface area contributed by atoms with Gasteiger partial charge in [-0.05, 0) is 12.1 Å². The summed E-state index contributed by atoms with van der Waals surface area (Å²) in [7, 11) is 0. The first-order valence-corrected chi connectivity index (χ1v) is 5.21. The van der Waals surface area contributed by atoms with Gasteiger partial charge in [-0.2, -0.15) is 0 Å². The van der Waals surface area contributed by atoms with Gasteiger partial charge in [0.05, 0.1) is 15.9 Å². The van der Waals surface area contributed by atoms with Crippen LogP contribution < -0.4 is 0 Å². The second-order valence-electron chi connectivity index (χ2n) is 2.34. The van der Waals surface area contributed by atoms with E-state index < -0.39 is 0 Å². The molecule has 2 nitrogen and oxygen atoms in total. The van der Waals surface area contributed by atoms with Gasteiger partial charge in [0.15, 0.2) is 5.78 Å². The van der Waals surface area contributed by atoms with Crippen LogP contribution in [0.15, 0.2) is 12.1 Å². The van der Waals surface area contributed by atoms with Crippen molar-refractivity contribution in [3.8, 4) is 5.75 Å². The summed E-state index contributed by atoms with van der Waals surface area (Å²) in [5.41, 5.74) is 0.0999. The Kier molecular flexibility index (Phi) is 3.59. The average Bonchev–Trinajstić information content (AvgIpc) is 2.02. The van der Waals surface area contributed by atoms with Crippen LogP contribution in [-0.2, 0) is 0 Å². The van der Waals surface area contributed by atoms with Crippen molar-refractivity contribution in [2.75, 3.05) is 5.33 Å². The molecular weight excluding hydrogens is 279 g/mol. The van der Waals surface area contributed by atoms with E-state index in [1.807, 2.05) is 0 Å². The van der Waals surface area contributed by atoms with Crippen molar-refractivity contribution in [3.63, 3.8) is 0 Å². The Morgan fingerprint density at radius 3 is 2.54 bits per heavy atom. The maximum absolute atomic E-state index is 11.2. The number of hydrogen-bond donors (Lipinski definition) is 1. The van der Waals surface area contributed by atoms with Gasteiger partial charge in [-0.3, -0.25) is 4.79 Å². The molecule has 0 saturated heterocycles. The molecule has 0 heterocycles. The zero-order valence-corrected chi connectivity index (χ0v) is 9.45. The molecule has 0 saturated carbocycles. The Morgan fingerprint density at radius 1 is 1.46 bits per heavy atom. The Bertz CT molecular complexity index is 329. The number of rotatable bonds is 2. The smallest absolute Gasteiger partial charge is 0.178 e. The molecule has 0 aliphatic rings. The van der Waals surface area contributed by atoms with Crippen molar-refractivity contribution in [1.82, 2.24) is 0 Å². The van der Waals surface area contributed by atoms with Gasteiger partial charge in [0, 0.05) is 5.02 Å². The summed E-state index contributed by atoms with van der Waals surface area (Å²) in [6.07, 6.45) is 0. The van der Waals surface area contributed by atoms with Crippen LogP contribution in [0.2, 0.25) is 10.0 Å². The van der Waals surface area contributed by atoms with Crippen LogP contribution in [0.1, 0.15) is 10.4 Å². The number of carbonyl (C=O) groups excluding carboxylic acids is 1. The summed E-state index contributed by atoms with van der Waals surface area (Å²) >= 11 is 14.3. The number of aromatic hydroxyl groups is 1. The number of halogens is 3. The number of phenols is 1. The molecule has 1 aromatic rings. The van der Waals surface area contributed by atoms with Gasteiger partial charge >= 0.3 is 0 Å². The number of carbonyl (C=O) groups is 1. The van der Waals surface area contributed by atoms with Gasteiger partial charge in [0.2, 0.25) is 0 Å². The highest BCUT2D eigenvalue weighted by molar-refractivity contribution is 9.09. The fourth-order valence-electron chi connectivity index (χ4n) is 0.903. The van der Waals surface area contributed by atoms with Crippen molar-refractivity contribution >= 4 is 44.9 Å². The van der Waals surface area contributed by atoms with E-state index in [9.17, 15) is 9.90 Å². The molecule has 0 aromatic heterocycles. The van der Waals surface area contributed by atoms with Gasteiger partial charge in [-0.25, -0.2) is 0 Å². The van der Waals surface area contributed by atoms with E-state index in [0.29, 0.717) is 5.02 Å². The molecule has 0 bridgehead atoms. The van der Waals surface area contributed by atoms with E-state index in [2.05, 4.69) is 15.9 Å². The van der Waals surface area contributed by atoms with Gasteiger partial charge < -0.3 is 5.11 Å². The summed E-state index contributed by atoms with van der Waals surface area (Å²) in [5, 5.41) is 9.94. The fourth-order valence-corrected chi connectivity index (χ4v) is 1.77. The second kappa shape index (κ2) is 4.31. The maximum atomic E-state index is 11.2. The molecule has 5 heteroatoms. The Morgan fingerprint density at radius 2 is 2.08 bits per heavy atom. The van der Waals surface area contributed by atoms with E-state index in [1.165, 1.54) is 12.1 Å². The fraction of sp³-hybridized carbons (Fsp3) is 0.125. The molecule has 0 amide bonds. The molecule has 1 N–H and O–H groups in total. The lowest BCUT2D eigenvalue weighted by molar-refractivity contribution is 0.102. The highest BCUT2D eigenvalue weighted by Crippen LogP contribution is 2.30. The summed E-state index contributed by atoms with van der Waals surface area (Å²) in [4.78, 5) is 11.2. The number of benzene rings is 1. The Balaban J connectivity index is 3.28. The molecule has 1 aromatic carbocycles. The van der Waals surface area contributed by atoms with Gasteiger partial charge in [0.1, 0.15) is 5.75 Å². The zero-order valence-electron chi connectivity index (χ0n) is 6.35. The lowest BCUT2D eigenvalue weighted by Gasteiger charge is -2.04. The van der Waals surface area contributed by atoms with Crippen molar-refractivity contribution in [2.24, 2.45) is 0 Å². The van der Waals surface area contributed by atoms with Crippen molar-refractivity contribution in [1.29, 1.82) is 0 Å². The molecule has 70 valence electrons. The predicted octanol–water partition coefficient (Wildman–Crippen LogP) is 3.28. The molecule has 0 unspecified atom stereocenters. The first-order chi connectivity index (χ1) is 6.06. The van der Waals surface area contributed by atoms with Crippen LogP contribution in [0.4, 0.5) is 0 Å². The van der Waals surface area contributed by atoms with Crippen LogP contribution in [-0.4, -0.2) is 16.2 Å². The molecule has 0 spiro atoms. The van der Waals surface area contributed by atoms with Crippen LogP contribution in [0, 0.1) is 0 Å². The summed E-state index contributed by atoms with van der Waals surface area (Å²) in [6, 6.07) is 2.70. The summed E-state index contributed by atoms with van der Waals surface area (Å²) < 4.78 is 0. The molecule has 1 rings (SSSR count). The number of ketones is 1. The van der Waals surface area contributed by atoms with Crippen LogP contribution in [0.3, 0.4) is 0 Å². The Labute approximate surface area is 93.6 Å². The number of phenolic OH excluding ortho intramolecular Hbond substituents is 1. The minimum Gasteiger partial charge on any atom is -0.507 e. The van der Waals surface area contributed by atoms with Gasteiger partial charge in [-0.1, -0.05) is 39.1 Å². The third-order valence-corrected chi connectivity index (χ3v) is 2.46. The quantitative estimate of drug-likeness (QED) is 0.668. The first-order valence-electron chi connectivity index (χ1n) is 3.33. The third kappa shape index (κ3) is 2.36. The number of hydrogen-bond acceptors (Lipinski definition) is 2. The minimum atomic E-state index is -0.279. The standard InChI is InChI=1S/C8H5BrCl2O2/c9-3-7(13)8-5(11)1-4(10)2-6(8)12/h1-2,12H,3H2. The number of alkyl halides is 1. The average molecular weight is 284 g/mol. The lowest BCUT2D eigenvalue weighted by Crippen LogP contribution is -2.01. The molecular formula is C8H5BrCl2O2. The maximum Gasteiger partial charge on any atom is 0.178 e. The molecule has 0 aliphatic carbocycles. The molecule has 0 atom stereocenters. The van der Waals surface area contributed by atoms with E-state index in [0.717, 1.165) is 0 Å². The van der Waals surface area contributed by atoms with Gasteiger partial charge in [0.25, 0.3) is 0 Å². The van der Waals surface area contributed by atoms with Crippen LogP contribution in [0.25, 0.3) is 0 Å². The van der Waals surface area contributed by atoms with Crippen LogP contribution in [0.5, 0.6) is 5.75 Å².